The van der Waals surface area contributed by atoms with Crippen LogP contribution in [0.4, 0.5) is 4.79 Å². The fourth-order valence-corrected chi connectivity index (χ4v) is 3.50. The van der Waals surface area contributed by atoms with Crippen LogP contribution in [0.15, 0.2) is 0 Å². The minimum atomic E-state index is -1.03. The first kappa shape index (κ1) is 13.5. The highest BCUT2D eigenvalue weighted by atomic mass is 32.2. The molecule has 1 saturated heterocycles. The largest absolute Gasteiger partial charge is 0.480 e. The number of aliphatic carboxylic acids is 1. The Hall–Kier alpha value is -0.910. The Balaban J connectivity index is 1.99. The van der Waals surface area contributed by atoms with Crippen LogP contribution in [0.1, 0.15) is 32.1 Å². The van der Waals surface area contributed by atoms with Crippen molar-refractivity contribution in [2.75, 3.05) is 24.6 Å². The monoisotopic (exact) mass is 272 g/mol. The third kappa shape index (κ3) is 2.91. The lowest BCUT2D eigenvalue weighted by Crippen LogP contribution is -2.59. The molecule has 2 rings (SSSR count). The number of carbonyl (C=O) groups excluding carboxylic acids is 1. The standard InChI is InChI=1S/C12H20N2O3S/c15-10(16)12(4-2-1-3-5-12)13-11(17)14-6-8-18-9-7-14/h1-9H2,(H,13,17)(H,15,16). The lowest BCUT2D eigenvalue weighted by molar-refractivity contribution is -0.145. The predicted octanol–water partition coefficient (Wildman–Crippen LogP) is 1.53. The number of carboxylic acid groups (broad SMARTS) is 1. The van der Waals surface area contributed by atoms with E-state index in [1.807, 2.05) is 11.8 Å². The summed E-state index contributed by atoms with van der Waals surface area (Å²) in [5, 5.41) is 12.2. The highest BCUT2D eigenvalue weighted by molar-refractivity contribution is 7.99. The van der Waals surface area contributed by atoms with Crippen molar-refractivity contribution in [1.29, 1.82) is 0 Å². The molecule has 102 valence electrons. The zero-order valence-corrected chi connectivity index (χ0v) is 11.3. The summed E-state index contributed by atoms with van der Waals surface area (Å²) < 4.78 is 0. The van der Waals surface area contributed by atoms with Crippen LogP contribution in [0, 0.1) is 0 Å². The summed E-state index contributed by atoms with van der Waals surface area (Å²) in [4.78, 5) is 25.3. The molecule has 0 aromatic rings. The number of hydrogen-bond donors (Lipinski definition) is 2. The molecule has 0 radical (unpaired) electrons. The van der Waals surface area contributed by atoms with Crippen LogP contribution in [0.2, 0.25) is 0 Å². The van der Waals surface area contributed by atoms with Crippen LogP contribution in [-0.2, 0) is 4.79 Å². The van der Waals surface area contributed by atoms with Gasteiger partial charge in [-0.15, -0.1) is 0 Å². The second-order valence-electron chi connectivity index (χ2n) is 4.98. The SMILES string of the molecule is O=C(NC1(C(=O)O)CCCCC1)N1CCSCC1. The Kier molecular flexibility index (Phi) is 4.37. The average Bonchev–Trinajstić information content (AvgIpc) is 2.40. The number of amides is 2. The number of nitrogens with one attached hydrogen (secondary N) is 1. The van der Waals surface area contributed by atoms with Gasteiger partial charge in [0.15, 0.2) is 0 Å². The molecule has 1 heterocycles. The van der Waals surface area contributed by atoms with Gasteiger partial charge in [0.25, 0.3) is 0 Å². The number of rotatable bonds is 2. The maximum absolute atomic E-state index is 12.1. The fraction of sp³-hybridized carbons (Fsp3) is 0.833. The van der Waals surface area contributed by atoms with E-state index in [0.29, 0.717) is 25.9 Å². The molecule has 0 atom stereocenters. The normalized spacial score (nSPS) is 23.4. The maximum Gasteiger partial charge on any atom is 0.329 e. The molecule has 2 fully saturated rings. The molecule has 5 nitrogen and oxygen atoms in total. The molecule has 1 aliphatic heterocycles. The van der Waals surface area contributed by atoms with E-state index in [2.05, 4.69) is 5.32 Å². The van der Waals surface area contributed by atoms with Crippen molar-refractivity contribution in [2.45, 2.75) is 37.6 Å². The highest BCUT2D eigenvalue weighted by Gasteiger charge is 2.41. The summed E-state index contributed by atoms with van der Waals surface area (Å²) >= 11 is 1.83. The number of nitrogens with zero attached hydrogens (tertiary/aromatic N) is 1. The van der Waals surface area contributed by atoms with Gasteiger partial charge in [-0.1, -0.05) is 19.3 Å². The first-order valence-electron chi connectivity index (χ1n) is 6.52. The van der Waals surface area contributed by atoms with Gasteiger partial charge in [0.2, 0.25) is 0 Å². The molecule has 1 aliphatic carbocycles. The van der Waals surface area contributed by atoms with Crippen molar-refractivity contribution < 1.29 is 14.7 Å². The summed E-state index contributed by atoms with van der Waals surface area (Å²) in [5.41, 5.74) is -1.03. The molecule has 0 bridgehead atoms. The number of thioether (sulfide) groups is 1. The smallest absolute Gasteiger partial charge is 0.329 e. The Morgan fingerprint density at radius 1 is 1.11 bits per heavy atom. The lowest BCUT2D eigenvalue weighted by atomic mass is 9.82. The number of carbonyl (C=O) groups is 2. The van der Waals surface area contributed by atoms with Crippen molar-refractivity contribution >= 4 is 23.8 Å². The number of hydrogen-bond acceptors (Lipinski definition) is 3. The molecule has 0 aromatic heterocycles. The van der Waals surface area contributed by atoms with Crippen LogP contribution in [0.25, 0.3) is 0 Å². The highest BCUT2D eigenvalue weighted by Crippen LogP contribution is 2.28. The van der Waals surface area contributed by atoms with E-state index in [4.69, 9.17) is 0 Å². The van der Waals surface area contributed by atoms with Crippen molar-refractivity contribution in [2.24, 2.45) is 0 Å². The summed E-state index contributed by atoms with van der Waals surface area (Å²) in [6.07, 6.45) is 3.92. The van der Waals surface area contributed by atoms with Gasteiger partial charge in [-0.3, -0.25) is 0 Å². The molecule has 6 heteroatoms. The third-order valence-electron chi connectivity index (χ3n) is 3.76. The Bertz CT molecular complexity index is 323. The summed E-state index contributed by atoms with van der Waals surface area (Å²) in [6, 6.07) is -0.209. The average molecular weight is 272 g/mol. The molecule has 2 N–H and O–H groups in total. The minimum absolute atomic E-state index is 0.209. The number of urea groups is 1. The van der Waals surface area contributed by atoms with E-state index >= 15 is 0 Å². The Morgan fingerprint density at radius 2 is 1.72 bits per heavy atom. The molecule has 0 spiro atoms. The predicted molar refractivity (Wildman–Crippen MR) is 70.9 cm³/mol. The quantitative estimate of drug-likeness (QED) is 0.800. The van der Waals surface area contributed by atoms with Crippen LogP contribution in [-0.4, -0.2) is 52.1 Å². The van der Waals surface area contributed by atoms with E-state index in [9.17, 15) is 14.7 Å². The molecule has 2 amide bonds. The molecular formula is C12H20N2O3S. The van der Waals surface area contributed by atoms with Gasteiger partial charge in [-0.2, -0.15) is 11.8 Å². The van der Waals surface area contributed by atoms with E-state index in [-0.39, 0.29) is 6.03 Å². The van der Waals surface area contributed by atoms with E-state index in [0.717, 1.165) is 30.8 Å². The second kappa shape index (κ2) is 5.82. The van der Waals surface area contributed by atoms with Gasteiger partial charge in [0, 0.05) is 24.6 Å². The third-order valence-corrected chi connectivity index (χ3v) is 4.70. The van der Waals surface area contributed by atoms with Crippen molar-refractivity contribution in [1.82, 2.24) is 10.2 Å². The summed E-state index contributed by atoms with van der Waals surface area (Å²) in [5.74, 6) is 0.989. The lowest BCUT2D eigenvalue weighted by Gasteiger charge is -2.36. The minimum Gasteiger partial charge on any atom is -0.480 e. The van der Waals surface area contributed by atoms with E-state index in [1.165, 1.54) is 0 Å². The van der Waals surface area contributed by atoms with Crippen LogP contribution in [0.5, 0.6) is 0 Å². The summed E-state index contributed by atoms with van der Waals surface area (Å²) in [7, 11) is 0. The Morgan fingerprint density at radius 3 is 2.28 bits per heavy atom. The molecule has 0 aromatic carbocycles. The number of carboxylic acids is 1. The van der Waals surface area contributed by atoms with Crippen LogP contribution in [0.3, 0.4) is 0 Å². The molecule has 2 aliphatic rings. The maximum atomic E-state index is 12.1. The second-order valence-corrected chi connectivity index (χ2v) is 6.20. The van der Waals surface area contributed by atoms with Crippen molar-refractivity contribution in [3.8, 4) is 0 Å². The molecule has 0 unspecified atom stereocenters. The summed E-state index contributed by atoms with van der Waals surface area (Å²) in [6.45, 7) is 1.43. The zero-order chi connectivity index (χ0) is 13.0. The van der Waals surface area contributed by atoms with Crippen molar-refractivity contribution in [3.63, 3.8) is 0 Å². The Labute approximate surface area is 111 Å². The van der Waals surface area contributed by atoms with E-state index < -0.39 is 11.5 Å². The molecular weight excluding hydrogens is 252 g/mol. The first-order valence-corrected chi connectivity index (χ1v) is 7.68. The molecule has 18 heavy (non-hydrogen) atoms. The van der Waals surface area contributed by atoms with Gasteiger partial charge in [-0.25, -0.2) is 9.59 Å². The van der Waals surface area contributed by atoms with E-state index in [1.54, 1.807) is 4.90 Å². The first-order chi connectivity index (χ1) is 8.64. The fourth-order valence-electron chi connectivity index (χ4n) is 2.60. The van der Waals surface area contributed by atoms with Gasteiger partial charge >= 0.3 is 12.0 Å². The van der Waals surface area contributed by atoms with Gasteiger partial charge in [-0.05, 0) is 12.8 Å². The van der Waals surface area contributed by atoms with Gasteiger partial charge in [0.05, 0.1) is 0 Å². The zero-order valence-electron chi connectivity index (χ0n) is 10.5. The van der Waals surface area contributed by atoms with Crippen LogP contribution < -0.4 is 5.32 Å². The topological polar surface area (TPSA) is 69.6 Å². The van der Waals surface area contributed by atoms with Gasteiger partial charge in [0.1, 0.15) is 5.54 Å². The van der Waals surface area contributed by atoms with Crippen LogP contribution >= 0.6 is 11.8 Å². The van der Waals surface area contributed by atoms with Crippen molar-refractivity contribution in [3.05, 3.63) is 0 Å². The molecule has 1 saturated carbocycles. The van der Waals surface area contributed by atoms with Gasteiger partial charge < -0.3 is 15.3 Å².